The van der Waals surface area contributed by atoms with E-state index >= 15 is 0 Å². The zero-order valence-electron chi connectivity index (χ0n) is 12.2. The minimum absolute atomic E-state index is 0.0401. The SMILES string of the molecule is N#Cc1ccc(Cl)c(NC(=O)NCc2ccc(OC(F)F)cc2)c1. The molecule has 124 valence electrons. The smallest absolute Gasteiger partial charge is 0.387 e. The zero-order valence-corrected chi connectivity index (χ0v) is 13.0. The lowest BCUT2D eigenvalue weighted by atomic mass is 10.2. The van der Waals surface area contributed by atoms with Crippen LogP contribution in [0.4, 0.5) is 19.3 Å². The topological polar surface area (TPSA) is 74.2 Å². The zero-order chi connectivity index (χ0) is 17.5. The van der Waals surface area contributed by atoms with Crippen molar-refractivity contribution < 1.29 is 18.3 Å². The van der Waals surface area contributed by atoms with Crippen molar-refractivity contribution in [3.63, 3.8) is 0 Å². The highest BCUT2D eigenvalue weighted by Gasteiger charge is 2.07. The van der Waals surface area contributed by atoms with Gasteiger partial charge in [-0.15, -0.1) is 0 Å². The first-order valence-electron chi connectivity index (χ1n) is 6.76. The maximum absolute atomic E-state index is 12.1. The lowest BCUT2D eigenvalue weighted by molar-refractivity contribution is -0.0498. The average molecular weight is 352 g/mol. The van der Waals surface area contributed by atoms with Crippen molar-refractivity contribution in [1.29, 1.82) is 5.26 Å². The molecule has 0 unspecified atom stereocenters. The third kappa shape index (κ3) is 5.11. The summed E-state index contributed by atoms with van der Waals surface area (Å²) in [6, 6.07) is 11.8. The Hall–Kier alpha value is -2.85. The van der Waals surface area contributed by atoms with Crippen LogP contribution in [-0.2, 0) is 6.54 Å². The fourth-order valence-electron chi connectivity index (χ4n) is 1.83. The average Bonchev–Trinajstić information content (AvgIpc) is 2.56. The Bertz CT molecular complexity index is 761. The lowest BCUT2D eigenvalue weighted by Gasteiger charge is -2.10. The number of amides is 2. The van der Waals surface area contributed by atoms with Gasteiger partial charge in [0.1, 0.15) is 5.75 Å². The highest BCUT2D eigenvalue weighted by atomic mass is 35.5. The fraction of sp³-hybridized carbons (Fsp3) is 0.125. The van der Waals surface area contributed by atoms with Crippen molar-refractivity contribution in [1.82, 2.24) is 5.32 Å². The number of urea groups is 1. The van der Waals surface area contributed by atoms with Gasteiger partial charge in [0.05, 0.1) is 22.3 Å². The largest absolute Gasteiger partial charge is 0.435 e. The maximum atomic E-state index is 12.1. The molecule has 8 heteroatoms. The normalized spacial score (nSPS) is 10.1. The number of rotatable bonds is 5. The summed E-state index contributed by atoms with van der Waals surface area (Å²) in [5, 5.41) is 14.3. The van der Waals surface area contributed by atoms with Crippen LogP contribution >= 0.6 is 11.6 Å². The highest BCUT2D eigenvalue weighted by molar-refractivity contribution is 6.33. The molecule has 24 heavy (non-hydrogen) atoms. The van der Waals surface area contributed by atoms with E-state index in [0.29, 0.717) is 21.8 Å². The quantitative estimate of drug-likeness (QED) is 0.850. The molecule has 0 saturated carbocycles. The molecule has 0 heterocycles. The molecule has 0 atom stereocenters. The first-order valence-corrected chi connectivity index (χ1v) is 7.14. The number of hydrogen-bond acceptors (Lipinski definition) is 3. The second kappa shape index (κ2) is 8.13. The number of alkyl halides is 2. The van der Waals surface area contributed by atoms with E-state index in [0.717, 1.165) is 0 Å². The van der Waals surface area contributed by atoms with Gasteiger partial charge in [0.15, 0.2) is 0 Å². The van der Waals surface area contributed by atoms with Gasteiger partial charge in [-0.05, 0) is 35.9 Å². The Morgan fingerprint density at radius 1 is 1.25 bits per heavy atom. The van der Waals surface area contributed by atoms with Gasteiger partial charge < -0.3 is 15.4 Å². The Morgan fingerprint density at radius 2 is 1.96 bits per heavy atom. The van der Waals surface area contributed by atoms with E-state index in [1.165, 1.54) is 30.3 Å². The molecule has 0 bridgehead atoms. The van der Waals surface area contributed by atoms with Crippen LogP contribution in [0.2, 0.25) is 5.02 Å². The molecule has 0 aliphatic rings. The fourth-order valence-corrected chi connectivity index (χ4v) is 1.99. The molecule has 0 fully saturated rings. The van der Waals surface area contributed by atoms with E-state index < -0.39 is 12.6 Å². The number of anilines is 1. The molecule has 2 aromatic carbocycles. The molecule has 2 N–H and O–H groups in total. The Morgan fingerprint density at radius 3 is 2.58 bits per heavy atom. The van der Waals surface area contributed by atoms with Crippen LogP contribution in [0.3, 0.4) is 0 Å². The van der Waals surface area contributed by atoms with E-state index in [9.17, 15) is 13.6 Å². The van der Waals surface area contributed by atoms with Gasteiger partial charge in [-0.1, -0.05) is 23.7 Å². The van der Waals surface area contributed by atoms with Gasteiger partial charge in [-0.3, -0.25) is 0 Å². The van der Waals surface area contributed by atoms with Crippen LogP contribution in [0.25, 0.3) is 0 Å². The van der Waals surface area contributed by atoms with E-state index in [2.05, 4.69) is 15.4 Å². The van der Waals surface area contributed by atoms with Gasteiger partial charge in [0, 0.05) is 6.54 Å². The third-order valence-electron chi connectivity index (χ3n) is 2.95. The van der Waals surface area contributed by atoms with Crippen molar-refractivity contribution in [3.05, 3.63) is 58.6 Å². The number of carbonyl (C=O) groups excluding carboxylic acids is 1. The van der Waals surface area contributed by atoms with E-state index in [1.807, 2.05) is 6.07 Å². The highest BCUT2D eigenvalue weighted by Crippen LogP contribution is 2.22. The summed E-state index contributed by atoms with van der Waals surface area (Å²) < 4.78 is 28.3. The van der Waals surface area contributed by atoms with Gasteiger partial charge in [0.2, 0.25) is 0 Å². The van der Waals surface area contributed by atoms with Crippen molar-refractivity contribution in [3.8, 4) is 11.8 Å². The summed E-state index contributed by atoms with van der Waals surface area (Å²) in [4.78, 5) is 11.9. The number of carbonyl (C=O) groups is 1. The van der Waals surface area contributed by atoms with Crippen LogP contribution in [0.15, 0.2) is 42.5 Å². The van der Waals surface area contributed by atoms with Crippen molar-refractivity contribution in [2.45, 2.75) is 13.2 Å². The number of halogens is 3. The lowest BCUT2D eigenvalue weighted by Crippen LogP contribution is -2.28. The molecule has 0 aromatic heterocycles. The second-order valence-corrected chi connectivity index (χ2v) is 5.04. The van der Waals surface area contributed by atoms with Crippen LogP contribution in [0.1, 0.15) is 11.1 Å². The van der Waals surface area contributed by atoms with Crippen LogP contribution in [-0.4, -0.2) is 12.6 Å². The van der Waals surface area contributed by atoms with Crippen molar-refractivity contribution >= 4 is 23.3 Å². The number of nitrogens with one attached hydrogen (secondary N) is 2. The minimum atomic E-state index is -2.88. The molecular weight excluding hydrogens is 340 g/mol. The summed E-state index contributed by atoms with van der Waals surface area (Å²) in [6.07, 6.45) is 0. The molecule has 2 amide bonds. The van der Waals surface area contributed by atoms with E-state index in [4.69, 9.17) is 16.9 Å². The maximum Gasteiger partial charge on any atom is 0.387 e. The summed E-state index contributed by atoms with van der Waals surface area (Å²) in [6.45, 7) is -2.70. The summed E-state index contributed by atoms with van der Waals surface area (Å²) in [7, 11) is 0. The molecule has 0 aliphatic carbocycles. The molecule has 0 radical (unpaired) electrons. The molecule has 0 spiro atoms. The van der Waals surface area contributed by atoms with Gasteiger partial charge in [0.25, 0.3) is 0 Å². The Balaban J connectivity index is 1.90. The van der Waals surface area contributed by atoms with Crippen LogP contribution in [0, 0.1) is 11.3 Å². The second-order valence-electron chi connectivity index (χ2n) is 4.64. The Kier molecular flexibility index (Phi) is 5.93. The summed E-state index contributed by atoms with van der Waals surface area (Å²) in [5.41, 5.74) is 1.38. The van der Waals surface area contributed by atoms with Gasteiger partial charge in [-0.25, -0.2) is 4.79 Å². The van der Waals surface area contributed by atoms with Crippen LogP contribution in [0.5, 0.6) is 5.75 Å². The number of nitriles is 1. The monoisotopic (exact) mass is 351 g/mol. The van der Waals surface area contributed by atoms with E-state index in [-0.39, 0.29) is 12.3 Å². The molecule has 0 saturated heterocycles. The number of ether oxygens (including phenoxy) is 1. The first-order chi connectivity index (χ1) is 11.5. The van der Waals surface area contributed by atoms with Crippen molar-refractivity contribution in [2.24, 2.45) is 0 Å². The standard InChI is InChI=1S/C16H12ClF2N3O2/c17-13-6-3-11(8-20)7-14(13)22-16(23)21-9-10-1-4-12(5-2-10)24-15(18)19/h1-7,15H,9H2,(H2,21,22,23). The molecule has 2 rings (SSSR count). The van der Waals surface area contributed by atoms with Gasteiger partial charge in [-0.2, -0.15) is 14.0 Å². The van der Waals surface area contributed by atoms with E-state index in [1.54, 1.807) is 12.1 Å². The first kappa shape index (κ1) is 17.5. The molecule has 2 aromatic rings. The van der Waals surface area contributed by atoms with Crippen molar-refractivity contribution in [2.75, 3.05) is 5.32 Å². The number of hydrogen-bond donors (Lipinski definition) is 2. The number of benzene rings is 2. The molecule has 5 nitrogen and oxygen atoms in total. The molecule has 0 aliphatic heterocycles. The predicted octanol–water partition coefficient (Wildman–Crippen LogP) is 4.13. The molecular formula is C16H12ClF2N3O2. The number of nitrogens with zero attached hydrogens (tertiary/aromatic N) is 1. The third-order valence-corrected chi connectivity index (χ3v) is 3.27. The summed E-state index contributed by atoms with van der Waals surface area (Å²) in [5.74, 6) is 0.0401. The summed E-state index contributed by atoms with van der Waals surface area (Å²) >= 11 is 5.95. The predicted molar refractivity (Wildman–Crippen MR) is 85.1 cm³/mol. The Labute approximate surface area is 141 Å². The van der Waals surface area contributed by atoms with Crippen LogP contribution < -0.4 is 15.4 Å². The van der Waals surface area contributed by atoms with Gasteiger partial charge >= 0.3 is 12.6 Å². The minimum Gasteiger partial charge on any atom is -0.435 e.